The molecule has 0 aliphatic rings. The summed E-state index contributed by atoms with van der Waals surface area (Å²) in [6, 6.07) is 8.45. The second-order valence-corrected chi connectivity index (χ2v) is 5.41. The molecule has 1 rings (SSSR count). The second-order valence-electron chi connectivity index (χ2n) is 5.41. The molecule has 0 fully saturated rings. The summed E-state index contributed by atoms with van der Waals surface area (Å²) in [5.74, 6) is 0.917. The fourth-order valence-corrected chi connectivity index (χ4v) is 2.67. The van der Waals surface area contributed by atoms with E-state index < -0.39 is 0 Å². The zero-order valence-corrected chi connectivity index (χ0v) is 14.0. The van der Waals surface area contributed by atoms with Gasteiger partial charge in [-0.15, -0.1) is 0 Å². The predicted molar refractivity (Wildman–Crippen MR) is 87.8 cm³/mol. The highest BCUT2D eigenvalue weighted by Crippen LogP contribution is 2.28. The highest BCUT2D eigenvalue weighted by Gasteiger charge is 2.23. The summed E-state index contributed by atoms with van der Waals surface area (Å²) in [4.78, 5) is 2.36. The highest BCUT2D eigenvalue weighted by molar-refractivity contribution is 5.35. The van der Waals surface area contributed by atoms with Crippen molar-refractivity contribution in [1.82, 2.24) is 10.2 Å². The normalized spacial score (nSPS) is 15.8. The van der Waals surface area contributed by atoms with Crippen molar-refractivity contribution in [3.63, 3.8) is 0 Å². The number of nitrogens with zero attached hydrogens (tertiary/aromatic N) is 1. The van der Waals surface area contributed by atoms with Crippen molar-refractivity contribution in [3.8, 4) is 5.75 Å². The lowest BCUT2D eigenvalue weighted by atomic mass is 10.0. The van der Waals surface area contributed by atoms with Gasteiger partial charge in [0.1, 0.15) is 5.75 Å². The van der Waals surface area contributed by atoms with Gasteiger partial charge in [-0.05, 0) is 33.0 Å². The van der Waals surface area contributed by atoms with E-state index >= 15 is 0 Å². The van der Waals surface area contributed by atoms with E-state index in [1.807, 2.05) is 25.1 Å². The number of para-hydroxylation sites is 1. The Bertz CT molecular complexity index is 410. The zero-order valence-electron chi connectivity index (χ0n) is 14.0. The Morgan fingerprint density at radius 2 is 1.90 bits per heavy atom. The summed E-state index contributed by atoms with van der Waals surface area (Å²) in [6.45, 7) is 10.8. The standard InChI is InChI=1S/C17H30N2O2/c1-6-18-16(14(4)20)12-19(7-2)13(3)15-10-8-9-11-17(15)21-5/h8-11,13-14,16,18,20H,6-7,12H2,1-5H3/t13-,14+,16+/m0/s1. The number of aliphatic hydroxyl groups is 1. The summed E-state index contributed by atoms with van der Waals surface area (Å²) in [7, 11) is 1.71. The van der Waals surface area contributed by atoms with E-state index in [4.69, 9.17) is 4.74 Å². The lowest BCUT2D eigenvalue weighted by Gasteiger charge is -2.33. The molecule has 3 atom stereocenters. The van der Waals surface area contributed by atoms with Gasteiger partial charge >= 0.3 is 0 Å². The Morgan fingerprint density at radius 1 is 1.24 bits per heavy atom. The van der Waals surface area contributed by atoms with Crippen LogP contribution in [0.5, 0.6) is 5.75 Å². The molecule has 0 spiro atoms. The van der Waals surface area contributed by atoms with Crippen molar-refractivity contribution in [2.75, 3.05) is 26.7 Å². The maximum Gasteiger partial charge on any atom is 0.123 e. The van der Waals surface area contributed by atoms with Crippen molar-refractivity contribution >= 4 is 0 Å². The van der Waals surface area contributed by atoms with Gasteiger partial charge in [0, 0.05) is 24.2 Å². The van der Waals surface area contributed by atoms with Crippen LogP contribution in [0.3, 0.4) is 0 Å². The molecule has 1 aromatic carbocycles. The molecule has 0 radical (unpaired) electrons. The SMILES string of the molecule is CCN[C@H](CN(CC)[C@@H](C)c1ccccc1OC)[C@@H](C)O. The Morgan fingerprint density at radius 3 is 2.43 bits per heavy atom. The van der Waals surface area contributed by atoms with Gasteiger partial charge in [0.2, 0.25) is 0 Å². The van der Waals surface area contributed by atoms with Crippen LogP contribution in [0.1, 0.15) is 39.3 Å². The molecule has 1 aromatic rings. The molecule has 0 aromatic heterocycles. The Balaban J connectivity index is 2.87. The lowest BCUT2D eigenvalue weighted by Crippen LogP contribution is -2.47. The zero-order chi connectivity index (χ0) is 15.8. The van der Waals surface area contributed by atoms with E-state index in [1.54, 1.807) is 7.11 Å². The van der Waals surface area contributed by atoms with Crippen molar-refractivity contribution in [2.24, 2.45) is 0 Å². The smallest absolute Gasteiger partial charge is 0.123 e. The molecule has 4 heteroatoms. The van der Waals surface area contributed by atoms with Crippen LogP contribution in [0.25, 0.3) is 0 Å². The summed E-state index contributed by atoms with van der Waals surface area (Å²) in [6.07, 6.45) is -0.371. The first kappa shape index (κ1) is 18.0. The van der Waals surface area contributed by atoms with Crippen molar-refractivity contribution < 1.29 is 9.84 Å². The number of aliphatic hydroxyl groups excluding tert-OH is 1. The number of hydrogen-bond donors (Lipinski definition) is 2. The summed E-state index contributed by atoms with van der Waals surface area (Å²) < 4.78 is 5.47. The number of rotatable bonds is 9. The van der Waals surface area contributed by atoms with Gasteiger partial charge in [-0.1, -0.05) is 32.0 Å². The van der Waals surface area contributed by atoms with Crippen LogP contribution in [-0.2, 0) is 0 Å². The van der Waals surface area contributed by atoms with Crippen LogP contribution in [0, 0.1) is 0 Å². The van der Waals surface area contributed by atoms with E-state index in [1.165, 1.54) is 5.56 Å². The third-order valence-electron chi connectivity index (χ3n) is 4.02. The summed E-state index contributed by atoms with van der Waals surface area (Å²) in [5.41, 5.74) is 1.18. The number of methoxy groups -OCH3 is 1. The van der Waals surface area contributed by atoms with Crippen molar-refractivity contribution in [2.45, 2.75) is 45.9 Å². The number of benzene rings is 1. The number of nitrogens with one attached hydrogen (secondary N) is 1. The van der Waals surface area contributed by atoms with Gasteiger partial charge in [-0.3, -0.25) is 4.90 Å². The van der Waals surface area contributed by atoms with Crippen LogP contribution in [0.4, 0.5) is 0 Å². The maximum absolute atomic E-state index is 9.93. The van der Waals surface area contributed by atoms with E-state index in [0.717, 1.165) is 25.4 Å². The van der Waals surface area contributed by atoms with Crippen LogP contribution in [0.2, 0.25) is 0 Å². The Kier molecular flexibility index (Phi) is 7.72. The first-order chi connectivity index (χ1) is 10.0. The molecule has 2 N–H and O–H groups in total. The van der Waals surface area contributed by atoms with Crippen LogP contribution in [-0.4, -0.2) is 48.9 Å². The highest BCUT2D eigenvalue weighted by atomic mass is 16.5. The van der Waals surface area contributed by atoms with Gasteiger partial charge in [0.15, 0.2) is 0 Å². The second kappa shape index (κ2) is 9.03. The molecule has 0 heterocycles. The molecular formula is C17H30N2O2. The molecule has 0 aliphatic heterocycles. The fraction of sp³-hybridized carbons (Fsp3) is 0.647. The number of ether oxygens (including phenoxy) is 1. The van der Waals surface area contributed by atoms with E-state index in [2.05, 4.69) is 37.1 Å². The minimum Gasteiger partial charge on any atom is -0.496 e. The monoisotopic (exact) mass is 294 g/mol. The Hall–Kier alpha value is -1.10. The quantitative estimate of drug-likeness (QED) is 0.734. The number of hydrogen-bond acceptors (Lipinski definition) is 4. The molecule has 0 unspecified atom stereocenters. The van der Waals surface area contributed by atoms with Crippen molar-refractivity contribution in [3.05, 3.63) is 29.8 Å². The third kappa shape index (κ3) is 4.99. The topological polar surface area (TPSA) is 44.7 Å². The fourth-order valence-electron chi connectivity index (χ4n) is 2.67. The number of likely N-dealkylation sites (N-methyl/N-ethyl adjacent to an activating group) is 2. The summed E-state index contributed by atoms with van der Waals surface area (Å²) >= 11 is 0. The van der Waals surface area contributed by atoms with Gasteiger partial charge in [0.05, 0.1) is 13.2 Å². The first-order valence-corrected chi connectivity index (χ1v) is 7.83. The molecular weight excluding hydrogens is 264 g/mol. The molecule has 0 aliphatic carbocycles. The molecule has 21 heavy (non-hydrogen) atoms. The summed E-state index contributed by atoms with van der Waals surface area (Å²) in [5, 5.41) is 13.3. The molecule has 4 nitrogen and oxygen atoms in total. The van der Waals surface area contributed by atoms with E-state index in [-0.39, 0.29) is 18.2 Å². The largest absolute Gasteiger partial charge is 0.496 e. The van der Waals surface area contributed by atoms with Crippen molar-refractivity contribution in [1.29, 1.82) is 0 Å². The average molecular weight is 294 g/mol. The third-order valence-corrected chi connectivity index (χ3v) is 4.02. The lowest BCUT2D eigenvalue weighted by molar-refractivity contribution is 0.102. The van der Waals surface area contributed by atoms with Crippen LogP contribution in [0.15, 0.2) is 24.3 Å². The van der Waals surface area contributed by atoms with E-state index in [0.29, 0.717) is 0 Å². The van der Waals surface area contributed by atoms with Gasteiger partial charge in [0.25, 0.3) is 0 Å². The van der Waals surface area contributed by atoms with Crippen LogP contribution >= 0.6 is 0 Å². The molecule has 0 saturated heterocycles. The van der Waals surface area contributed by atoms with Crippen LogP contribution < -0.4 is 10.1 Å². The van der Waals surface area contributed by atoms with Gasteiger partial charge < -0.3 is 15.2 Å². The van der Waals surface area contributed by atoms with E-state index in [9.17, 15) is 5.11 Å². The minimum atomic E-state index is -0.371. The molecule has 120 valence electrons. The first-order valence-electron chi connectivity index (χ1n) is 7.83. The average Bonchev–Trinajstić information content (AvgIpc) is 2.50. The van der Waals surface area contributed by atoms with Gasteiger partial charge in [-0.25, -0.2) is 0 Å². The minimum absolute atomic E-state index is 0.0760. The van der Waals surface area contributed by atoms with Gasteiger partial charge in [-0.2, -0.15) is 0 Å². The predicted octanol–water partition coefficient (Wildman–Crippen LogP) is 2.44. The molecule has 0 saturated carbocycles. The molecule has 0 bridgehead atoms. The molecule has 0 amide bonds. The maximum atomic E-state index is 9.93. The Labute approximate surface area is 129 Å².